The Kier molecular flexibility index (Phi) is 4.64. The topological polar surface area (TPSA) is 33.0 Å². The van der Waals surface area contributed by atoms with Crippen molar-refractivity contribution in [1.82, 2.24) is 0 Å². The Morgan fingerprint density at radius 1 is 1.50 bits per heavy atom. The van der Waals surface area contributed by atoms with Crippen LogP contribution in [0.3, 0.4) is 0 Å². The highest BCUT2D eigenvalue weighted by Gasteiger charge is 2.12. The molecule has 0 fully saturated rings. The van der Waals surface area contributed by atoms with Gasteiger partial charge in [-0.15, -0.1) is 0 Å². The zero-order chi connectivity index (χ0) is 12.1. The number of rotatable bonds is 4. The smallest absolute Gasteiger partial charge is 0.122 e. The van der Waals surface area contributed by atoms with E-state index in [1.807, 2.05) is 26.0 Å². The summed E-state index contributed by atoms with van der Waals surface area (Å²) < 4.78 is 5.30. The molecule has 0 aromatic heterocycles. The molecule has 0 N–H and O–H groups in total. The molecule has 86 valence electrons. The average molecular weight is 238 g/mol. The van der Waals surface area contributed by atoms with Gasteiger partial charge >= 0.3 is 0 Å². The van der Waals surface area contributed by atoms with Gasteiger partial charge in [0.25, 0.3) is 0 Å². The molecule has 0 spiro atoms. The van der Waals surface area contributed by atoms with Crippen molar-refractivity contribution in [3.8, 4) is 11.8 Å². The maximum atomic E-state index is 8.95. The quantitative estimate of drug-likeness (QED) is 0.799. The molecule has 0 bridgehead atoms. The molecule has 0 radical (unpaired) electrons. The SMILES string of the molecule is CCC(C#N)Cc1cc(Cl)c(C)cc1OC. The molecule has 1 unspecified atom stereocenters. The largest absolute Gasteiger partial charge is 0.496 e. The number of benzene rings is 1. The highest BCUT2D eigenvalue weighted by molar-refractivity contribution is 6.31. The lowest BCUT2D eigenvalue weighted by atomic mass is 9.97. The Balaban J connectivity index is 3.03. The molecular formula is C13H16ClNO. The lowest BCUT2D eigenvalue weighted by molar-refractivity contribution is 0.406. The van der Waals surface area contributed by atoms with Crippen LogP contribution in [0.25, 0.3) is 0 Å². The Morgan fingerprint density at radius 3 is 2.69 bits per heavy atom. The molecule has 1 atom stereocenters. The summed E-state index contributed by atoms with van der Waals surface area (Å²) in [5.41, 5.74) is 2.00. The number of hydrogen-bond acceptors (Lipinski definition) is 2. The van der Waals surface area contributed by atoms with Crippen molar-refractivity contribution < 1.29 is 4.74 Å². The number of hydrogen-bond donors (Lipinski definition) is 0. The van der Waals surface area contributed by atoms with E-state index in [0.717, 1.165) is 28.3 Å². The van der Waals surface area contributed by atoms with E-state index in [1.165, 1.54) is 0 Å². The molecule has 0 aliphatic rings. The van der Waals surface area contributed by atoms with Crippen LogP contribution in [0.5, 0.6) is 5.75 Å². The van der Waals surface area contributed by atoms with E-state index >= 15 is 0 Å². The van der Waals surface area contributed by atoms with Crippen LogP contribution < -0.4 is 4.74 Å². The van der Waals surface area contributed by atoms with Gasteiger partial charge in [0.2, 0.25) is 0 Å². The van der Waals surface area contributed by atoms with Gasteiger partial charge in [0, 0.05) is 5.02 Å². The van der Waals surface area contributed by atoms with Crippen LogP contribution in [0.15, 0.2) is 12.1 Å². The number of nitrogens with zero attached hydrogens (tertiary/aromatic N) is 1. The van der Waals surface area contributed by atoms with Crippen molar-refractivity contribution in [1.29, 1.82) is 5.26 Å². The normalized spacial score (nSPS) is 11.9. The zero-order valence-corrected chi connectivity index (χ0v) is 10.6. The summed E-state index contributed by atoms with van der Waals surface area (Å²) in [6, 6.07) is 6.10. The minimum absolute atomic E-state index is 0.0210. The second-order valence-electron chi connectivity index (χ2n) is 3.85. The van der Waals surface area contributed by atoms with Gasteiger partial charge in [0.1, 0.15) is 5.75 Å². The molecule has 1 aromatic rings. The molecule has 3 heteroatoms. The molecule has 0 heterocycles. The summed E-state index contributed by atoms with van der Waals surface area (Å²) in [4.78, 5) is 0. The van der Waals surface area contributed by atoms with Crippen molar-refractivity contribution in [2.45, 2.75) is 26.7 Å². The number of aryl methyl sites for hydroxylation is 1. The Hall–Kier alpha value is -1.20. The first kappa shape index (κ1) is 12.9. The summed E-state index contributed by atoms with van der Waals surface area (Å²) in [7, 11) is 1.64. The van der Waals surface area contributed by atoms with Crippen LogP contribution in [-0.2, 0) is 6.42 Å². The number of nitriles is 1. The fourth-order valence-corrected chi connectivity index (χ4v) is 1.78. The maximum Gasteiger partial charge on any atom is 0.122 e. The standard InChI is InChI=1S/C13H16ClNO/c1-4-10(8-15)6-11-7-12(14)9(2)5-13(11)16-3/h5,7,10H,4,6H2,1-3H3. The lowest BCUT2D eigenvalue weighted by Gasteiger charge is -2.12. The molecule has 2 nitrogen and oxygen atoms in total. The van der Waals surface area contributed by atoms with Crippen molar-refractivity contribution in [2.75, 3.05) is 7.11 Å². The predicted molar refractivity (Wildman–Crippen MR) is 65.8 cm³/mol. The predicted octanol–water partition coefficient (Wildman–Crippen LogP) is 3.75. The third-order valence-corrected chi connectivity index (χ3v) is 3.11. The number of halogens is 1. The minimum atomic E-state index is 0.0210. The molecule has 0 aliphatic heterocycles. The number of methoxy groups -OCH3 is 1. The van der Waals surface area contributed by atoms with Gasteiger partial charge in [-0.1, -0.05) is 18.5 Å². The van der Waals surface area contributed by atoms with Crippen LogP contribution in [0.1, 0.15) is 24.5 Å². The fourth-order valence-electron chi connectivity index (χ4n) is 1.59. The van der Waals surface area contributed by atoms with Crippen LogP contribution in [0.2, 0.25) is 5.02 Å². The molecule has 0 saturated heterocycles. The Morgan fingerprint density at radius 2 is 2.19 bits per heavy atom. The first-order valence-corrected chi connectivity index (χ1v) is 5.72. The maximum absolute atomic E-state index is 8.95. The molecule has 1 rings (SSSR count). The van der Waals surface area contributed by atoms with Gasteiger partial charge in [-0.2, -0.15) is 5.26 Å². The molecule has 0 aliphatic carbocycles. The highest BCUT2D eigenvalue weighted by Crippen LogP contribution is 2.28. The Labute approximate surface area is 102 Å². The summed E-state index contributed by atoms with van der Waals surface area (Å²) in [5, 5.41) is 9.68. The first-order valence-electron chi connectivity index (χ1n) is 5.35. The lowest BCUT2D eigenvalue weighted by Crippen LogP contribution is -2.02. The molecule has 16 heavy (non-hydrogen) atoms. The number of ether oxygens (including phenoxy) is 1. The third kappa shape index (κ3) is 2.90. The summed E-state index contributed by atoms with van der Waals surface area (Å²) in [5.74, 6) is 0.836. The van der Waals surface area contributed by atoms with E-state index in [4.69, 9.17) is 21.6 Å². The van der Waals surface area contributed by atoms with Gasteiger partial charge in [-0.3, -0.25) is 0 Å². The summed E-state index contributed by atoms with van der Waals surface area (Å²) in [6.45, 7) is 3.95. The summed E-state index contributed by atoms with van der Waals surface area (Å²) >= 11 is 6.07. The average Bonchev–Trinajstić information content (AvgIpc) is 2.29. The fraction of sp³-hybridized carbons (Fsp3) is 0.462. The van der Waals surface area contributed by atoms with Crippen molar-refractivity contribution in [2.24, 2.45) is 5.92 Å². The summed E-state index contributed by atoms with van der Waals surface area (Å²) in [6.07, 6.45) is 1.53. The van der Waals surface area contributed by atoms with Crippen LogP contribution in [0.4, 0.5) is 0 Å². The van der Waals surface area contributed by atoms with Gasteiger partial charge < -0.3 is 4.74 Å². The molecular weight excluding hydrogens is 222 g/mol. The van der Waals surface area contributed by atoms with Gasteiger partial charge in [0.15, 0.2) is 0 Å². The third-order valence-electron chi connectivity index (χ3n) is 2.70. The van der Waals surface area contributed by atoms with Crippen LogP contribution >= 0.6 is 11.6 Å². The Bertz CT molecular complexity index is 409. The first-order chi connectivity index (χ1) is 7.62. The minimum Gasteiger partial charge on any atom is -0.496 e. The molecule has 0 saturated carbocycles. The van der Waals surface area contributed by atoms with E-state index in [-0.39, 0.29) is 5.92 Å². The van der Waals surface area contributed by atoms with E-state index in [0.29, 0.717) is 6.42 Å². The van der Waals surface area contributed by atoms with Crippen molar-refractivity contribution >= 4 is 11.6 Å². The second-order valence-corrected chi connectivity index (χ2v) is 4.26. The van der Waals surface area contributed by atoms with Gasteiger partial charge in [0.05, 0.1) is 19.1 Å². The highest BCUT2D eigenvalue weighted by atomic mass is 35.5. The zero-order valence-electron chi connectivity index (χ0n) is 9.88. The molecule has 0 amide bonds. The van der Waals surface area contributed by atoms with Gasteiger partial charge in [-0.05, 0) is 43.0 Å². The van der Waals surface area contributed by atoms with Crippen LogP contribution in [-0.4, -0.2) is 7.11 Å². The van der Waals surface area contributed by atoms with Crippen LogP contribution in [0, 0.1) is 24.2 Å². The van der Waals surface area contributed by atoms with Gasteiger partial charge in [-0.25, -0.2) is 0 Å². The second kappa shape index (κ2) is 5.77. The monoisotopic (exact) mass is 237 g/mol. The van der Waals surface area contributed by atoms with Crippen molar-refractivity contribution in [3.63, 3.8) is 0 Å². The van der Waals surface area contributed by atoms with E-state index < -0.39 is 0 Å². The van der Waals surface area contributed by atoms with Crippen molar-refractivity contribution in [3.05, 3.63) is 28.3 Å². The van der Waals surface area contributed by atoms with E-state index in [9.17, 15) is 0 Å². The van der Waals surface area contributed by atoms with E-state index in [1.54, 1.807) is 7.11 Å². The molecule has 1 aromatic carbocycles. The van der Waals surface area contributed by atoms with E-state index in [2.05, 4.69) is 6.07 Å².